The van der Waals surface area contributed by atoms with Crippen molar-refractivity contribution in [1.82, 2.24) is 5.32 Å². The Labute approximate surface area is 106 Å². The van der Waals surface area contributed by atoms with E-state index in [4.69, 9.17) is 5.41 Å². The van der Waals surface area contributed by atoms with Crippen LogP contribution in [0.1, 0.15) is 13.8 Å². The predicted molar refractivity (Wildman–Crippen MR) is 58.1 cm³/mol. The summed E-state index contributed by atoms with van der Waals surface area (Å²) in [5.74, 6) is -6.02. The maximum absolute atomic E-state index is 13.9. The fraction of sp³-hybridized carbons (Fsp3) is 0.636. The minimum atomic E-state index is -5.00. The second-order valence-electron chi connectivity index (χ2n) is 4.41. The number of allylic oxidation sites excluding steroid dienone is 2. The monoisotopic (exact) mass is 284 g/mol. The average molecular weight is 284 g/mol. The van der Waals surface area contributed by atoms with Crippen LogP contribution in [0.15, 0.2) is 11.3 Å². The van der Waals surface area contributed by atoms with E-state index < -0.39 is 47.5 Å². The van der Waals surface area contributed by atoms with Gasteiger partial charge in [0.25, 0.3) is 5.92 Å². The smallest absolute Gasteiger partial charge is 0.376 e. The number of aldehydes is 1. The van der Waals surface area contributed by atoms with Crippen LogP contribution in [0, 0.1) is 17.2 Å². The molecule has 0 heterocycles. The molecule has 0 fully saturated rings. The SMILES string of the molecule is CC1C(C(=N)C(F)(F)F)=C(NCC=O)C(F)(F)C1C. The third-order valence-electron chi connectivity index (χ3n) is 3.29. The number of alkyl halides is 5. The lowest BCUT2D eigenvalue weighted by atomic mass is 9.91. The standard InChI is InChI=1S/C11H13F5N2O/c1-5-6(2)10(12,13)9(18-3-4-19)7(5)8(17)11(14,15)16/h4-6,17-18H,3H2,1-2H3. The van der Waals surface area contributed by atoms with Gasteiger partial charge in [-0.25, -0.2) is 0 Å². The van der Waals surface area contributed by atoms with Crippen LogP contribution < -0.4 is 5.32 Å². The molecular formula is C11H13F5N2O. The summed E-state index contributed by atoms with van der Waals surface area (Å²) >= 11 is 0. The number of hydrogen-bond acceptors (Lipinski definition) is 3. The second kappa shape index (κ2) is 4.90. The molecule has 0 saturated heterocycles. The van der Waals surface area contributed by atoms with Gasteiger partial charge in [-0.15, -0.1) is 0 Å². The largest absolute Gasteiger partial charge is 0.433 e. The van der Waals surface area contributed by atoms with Crippen LogP contribution in [0.2, 0.25) is 0 Å². The summed E-state index contributed by atoms with van der Waals surface area (Å²) in [6.07, 6.45) is -4.73. The Hall–Kier alpha value is -1.47. The van der Waals surface area contributed by atoms with E-state index in [1.54, 1.807) is 0 Å². The lowest BCUT2D eigenvalue weighted by Crippen LogP contribution is -2.34. The molecule has 1 rings (SSSR count). The topological polar surface area (TPSA) is 53.0 Å². The van der Waals surface area contributed by atoms with Crippen molar-refractivity contribution in [3.05, 3.63) is 11.3 Å². The van der Waals surface area contributed by atoms with Crippen molar-refractivity contribution >= 4 is 12.0 Å². The molecule has 19 heavy (non-hydrogen) atoms. The van der Waals surface area contributed by atoms with Crippen LogP contribution in [0.4, 0.5) is 22.0 Å². The van der Waals surface area contributed by atoms with Gasteiger partial charge in [-0.1, -0.05) is 13.8 Å². The maximum atomic E-state index is 13.9. The molecule has 2 unspecified atom stereocenters. The maximum Gasteiger partial charge on any atom is 0.433 e. The van der Waals surface area contributed by atoms with E-state index in [1.807, 2.05) is 5.32 Å². The van der Waals surface area contributed by atoms with Crippen molar-refractivity contribution in [1.29, 1.82) is 5.41 Å². The van der Waals surface area contributed by atoms with E-state index in [0.717, 1.165) is 6.92 Å². The highest BCUT2D eigenvalue weighted by Gasteiger charge is 2.55. The molecule has 0 aromatic carbocycles. The molecule has 3 nitrogen and oxygen atoms in total. The van der Waals surface area contributed by atoms with Crippen LogP contribution in [-0.2, 0) is 4.79 Å². The van der Waals surface area contributed by atoms with E-state index in [1.165, 1.54) is 6.92 Å². The molecule has 0 amide bonds. The van der Waals surface area contributed by atoms with E-state index >= 15 is 0 Å². The molecule has 8 heteroatoms. The van der Waals surface area contributed by atoms with Gasteiger partial charge in [0.15, 0.2) is 0 Å². The normalized spacial score (nSPS) is 26.5. The molecule has 0 aliphatic heterocycles. The highest BCUT2D eigenvalue weighted by molar-refractivity contribution is 6.03. The number of halogens is 5. The molecule has 2 atom stereocenters. The Kier molecular flexibility index (Phi) is 4.02. The summed E-state index contributed by atoms with van der Waals surface area (Å²) in [6, 6.07) is 0. The molecular weight excluding hydrogens is 271 g/mol. The first kappa shape index (κ1) is 15.6. The third-order valence-corrected chi connectivity index (χ3v) is 3.29. The Morgan fingerprint density at radius 1 is 1.42 bits per heavy atom. The van der Waals surface area contributed by atoms with E-state index in [2.05, 4.69) is 0 Å². The van der Waals surface area contributed by atoms with E-state index in [-0.39, 0.29) is 6.29 Å². The first-order valence-electron chi connectivity index (χ1n) is 5.51. The summed E-state index contributed by atoms with van der Waals surface area (Å²) in [7, 11) is 0. The number of carbonyl (C=O) groups excluding carboxylic acids is 1. The molecule has 0 saturated carbocycles. The number of hydrogen-bond donors (Lipinski definition) is 2. The van der Waals surface area contributed by atoms with Gasteiger partial charge in [0.1, 0.15) is 12.0 Å². The van der Waals surface area contributed by atoms with Gasteiger partial charge in [0.2, 0.25) is 0 Å². The first-order valence-corrected chi connectivity index (χ1v) is 5.51. The molecule has 1 aliphatic rings. The van der Waals surface area contributed by atoms with Gasteiger partial charge in [-0.05, 0) is 5.92 Å². The summed E-state index contributed by atoms with van der Waals surface area (Å²) in [4.78, 5) is 10.2. The van der Waals surface area contributed by atoms with Gasteiger partial charge in [-0.2, -0.15) is 22.0 Å². The Balaban J connectivity index is 3.32. The molecule has 0 radical (unpaired) electrons. The zero-order chi connectivity index (χ0) is 15.0. The molecule has 2 N–H and O–H groups in total. The van der Waals surface area contributed by atoms with Gasteiger partial charge in [0, 0.05) is 11.5 Å². The molecule has 0 aromatic heterocycles. The lowest BCUT2D eigenvalue weighted by molar-refractivity contribution is -0.107. The van der Waals surface area contributed by atoms with E-state index in [9.17, 15) is 26.7 Å². The lowest BCUT2D eigenvalue weighted by Gasteiger charge is -2.20. The Bertz CT molecular complexity index is 427. The zero-order valence-electron chi connectivity index (χ0n) is 10.2. The first-order chi connectivity index (χ1) is 8.55. The molecule has 0 spiro atoms. The highest BCUT2D eigenvalue weighted by atomic mass is 19.4. The van der Waals surface area contributed by atoms with Gasteiger partial charge in [-0.3, -0.25) is 5.41 Å². The van der Waals surface area contributed by atoms with Crippen molar-refractivity contribution in [2.75, 3.05) is 6.54 Å². The summed E-state index contributed by atoms with van der Waals surface area (Å²) in [5, 5.41) is 9.06. The van der Waals surface area contributed by atoms with Crippen LogP contribution in [0.25, 0.3) is 0 Å². The summed E-state index contributed by atoms with van der Waals surface area (Å²) in [6.45, 7) is 1.80. The zero-order valence-corrected chi connectivity index (χ0v) is 10.2. The number of carbonyl (C=O) groups is 1. The number of nitrogens with one attached hydrogen (secondary N) is 2. The van der Waals surface area contributed by atoms with Gasteiger partial charge in [0.05, 0.1) is 12.2 Å². The summed E-state index contributed by atoms with van der Waals surface area (Å²) in [5.41, 5.74) is -3.54. The van der Waals surface area contributed by atoms with Crippen molar-refractivity contribution in [3.8, 4) is 0 Å². The fourth-order valence-corrected chi connectivity index (χ4v) is 2.06. The average Bonchev–Trinajstić information content (AvgIpc) is 2.45. The minimum absolute atomic E-state index is 0.269. The van der Waals surface area contributed by atoms with Crippen molar-refractivity contribution in [2.24, 2.45) is 11.8 Å². The predicted octanol–water partition coefficient (Wildman–Crippen LogP) is 2.53. The number of rotatable bonds is 4. The molecule has 0 bridgehead atoms. The van der Waals surface area contributed by atoms with Gasteiger partial charge < -0.3 is 10.1 Å². The van der Waals surface area contributed by atoms with Crippen LogP contribution in [0.5, 0.6) is 0 Å². The Morgan fingerprint density at radius 2 is 1.95 bits per heavy atom. The van der Waals surface area contributed by atoms with Crippen molar-refractivity contribution in [3.63, 3.8) is 0 Å². The fourth-order valence-electron chi connectivity index (χ4n) is 2.06. The molecule has 108 valence electrons. The minimum Gasteiger partial charge on any atom is -0.376 e. The van der Waals surface area contributed by atoms with Crippen molar-refractivity contribution in [2.45, 2.75) is 25.9 Å². The van der Waals surface area contributed by atoms with Crippen LogP contribution in [-0.4, -0.2) is 30.6 Å². The third kappa shape index (κ3) is 2.62. The molecule has 1 aliphatic carbocycles. The van der Waals surface area contributed by atoms with Gasteiger partial charge >= 0.3 is 6.18 Å². The quantitative estimate of drug-likeness (QED) is 0.473. The Morgan fingerprint density at radius 3 is 2.37 bits per heavy atom. The second-order valence-corrected chi connectivity index (χ2v) is 4.41. The van der Waals surface area contributed by atoms with Crippen molar-refractivity contribution < 1.29 is 26.7 Å². The summed E-state index contributed by atoms with van der Waals surface area (Å²) < 4.78 is 65.4. The van der Waals surface area contributed by atoms with Crippen LogP contribution >= 0.6 is 0 Å². The molecule has 0 aromatic rings. The highest BCUT2D eigenvalue weighted by Crippen LogP contribution is 2.48. The van der Waals surface area contributed by atoms with E-state index in [0.29, 0.717) is 0 Å². The van der Waals surface area contributed by atoms with Crippen LogP contribution in [0.3, 0.4) is 0 Å².